The third-order valence-corrected chi connectivity index (χ3v) is 3.12. The monoisotopic (exact) mass is 304 g/mol. The van der Waals surface area contributed by atoms with Gasteiger partial charge in [-0.1, -0.05) is 23.7 Å². The number of hydrogen-bond donors (Lipinski definition) is 1. The van der Waals surface area contributed by atoms with E-state index in [4.69, 9.17) is 11.6 Å². The van der Waals surface area contributed by atoms with Crippen LogP contribution in [0.4, 0.5) is 0 Å². The molecule has 1 heterocycles. The van der Waals surface area contributed by atoms with Crippen molar-refractivity contribution in [2.75, 3.05) is 7.11 Å². The Balaban J connectivity index is 2.05. The number of esters is 1. The summed E-state index contributed by atoms with van der Waals surface area (Å²) in [5.74, 6) is -0.748. The molecule has 1 N–H and O–H groups in total. The highest BCUT2D eigenvalue weighted by atomic mass is 35.5. The van der Waals surface area contributed by atoms with Gasteiger partial charge in [0.05, 0.1) is 35.5 Å². The summed E-state index contributed by atoms with van der Waals surface area (Å²) in [5.41, 5.74) is 1.33. The lowest BCUT2D eigenvalue weighted by Crippen LogP contribution is -2.23. The second-order valence-corrected chi connectivity index (χ2v) is 4.60. The number of nitrogens with one attached hydrogen (secondary N) is 1. The summed E-state index contributed by atoms with van der Waals surface area (Å²) in [7, 11) is 1.31. The molecule has 0 saturated carbocycles. The van der Waals surface area contributed by atoms with Gasteiger partial charge in [-0.05, 0) is 24.3 Å². The van der Waals surface area contributed by atoms with Crippen molar-refractivity contribution in [1.29, 1.82) is 0 Å². The first-order valence-electron chi connectivity index (χ1n) is 6.18. The van der Waals surface area contributed by atoms with Crippen molar-refractivity contribution < 1.29 is 14.3 Å². The minimum Gasteiger partial charge on any atom is -0.465 e. The fraction of sp³-hybridized carbons (Fsp3) is 0.133. The Kier molecular flexibility index (Phi) is 4.90. The SMILES string of the molecule is COC(=O)c1ccnc(CNC(=O)c2ccccc2Cl)c1. The smallest absolute Gasteiger partial charge is 0.337 e. The molecule has 0 aliphatic rings. The Morgan fingerprint density at radius 2 is 2.05 bits per heavy atom. The highest BCUT2D eigenvalue weighted by Crippen LogP contribution is 2.14. The van der Waals surface area contributed by atoms with Crippen LogP contribution in [-0.2, 0) is 11.3 Å². The van der Waals surface area contributed by atoms with Gasteiger partial charge in [0, 0.05) is 6.20 Å². The Bertz CT molecular complexity index is 673. The molecule has 0 saturated heterocycles. The molecule has 0 aliphatic carbocycles. The summed E-state index contributed by atoms with van der Waals surface area (Å²) in [6.45, 7) is 0.189. The lowest BCUT2D eigenvalue weighted by molar-refractivity contribution is 0.0600. The van der Waals surface area contributed by atoms with Crippen LogP contribution in [0.1, 0.15) is 26.4 Å². The molecule has 108 valence electrons. The summed E-state index contributed by atoms with van der Waals surface area (Å²) in [6, 6.07) is 9.88. The lowest BCUT2D eigenvalue weighted by Gasteiger charge is -2.07. The molecule has 0 radical (unpaired) electrons. The molecule has 1 aromatic carbocycles. The number of aromatic nitrogens is 1. The molecular weight excluding hydrogens is 292 g/mol. The summed E-state index contributed by atoms with van der Waals surface area (Å²) in [6.07, 6.45) is 1.49. The summed E-state index contributed by atoms with van der Waals surface area (Å²) < 4.78 is 4.63. The van der Waals surface area contributed by atoms with Crippen molar-refractivity contribution in [2.24, 2.45) is 0 Å². The Hall–Kier alpha value is -2.40. The van der Waals surface area contributed by atoms with Crippen LogP contribution in [0.5, 0.6) is 0 Å². The van der Waals surface area contributed by atoms with Crippen LogP contribution in [0.2, 0.25) is 5.02 Å². The highest BCUT2D eigenvalue weighted by Gasteiger charge is 2.10. The Morgan fingerprint density at radius 1 is 1.29 bits per heavy atom. The third kappa shape index (κ3) is 3.79. The molecule has 1 aromatic heterocycles. The van der Waals surface area contributed by atoms with Crippen molar-refractivity contribution in [3.05, 3.63) is 64.4 Å². The maximum atomic E-state index is 12.0. The predicted octanol–water partition coefficient (Wildman–Crippen LogP) is 2.45. The number of hydrogen-bond acceptors (Lipinski definition) is 4. The van der Waals surface area contributed by atoms with E-state index in [0.717, 1.165) is 0 Å². The number of pyridine rings is 1. The van der Waals surface area contributed by atoms with Crippen molar-refractivity contribution in [2.45, 2.75) is 6.54 Å². The summed E-state index contributed by atoms with van der Waals surface area (Å²) in [5, 5.41) is 3.08. The maximum absolute atomic E-state index is 12.0. The number of rotatable bonds is 4. The normalized spacial score (nSPS) is 10.0. The molecule has 0 unspecified atom stereocenters. The van der Waals surface area contributed by atoms with E-state index in [1.54, 1.807) is 36.4 Å². The van der Waals surface area contributed by atoms with Crippen LogP contribution in [0, 0.1) is 0 Å². The number of carbonyl (C=O) groups excluding carboxylic acids is 2. The van der Waals surface area contributed by atoms with E-state index < -0.39 is 5.97 Å². The Labute approximate surface area is 126 Å². The summed E-state index contributed by atoms with van der Waals surface area (Å²) >= 11 is 5.95. The van der Waals surface area contributed by atoms with Gasteiger partial charge in [0.1, 0.15) is 0 Å². The number of methoxy groups -OCH3 is 1. The zero-order valence-electron chi connectivity index (χ0n) is 11.3. The average Bonchev–Trinajstić information content (AvgIpc) is 2.52. The van der Waals surface area contributed by atoms with Gasteiger partial charge in [-0.25, -0.2) is 4.79 Å². The fourth-order valence-electron chi connectivity index (χ4n) is 1.73. The topological polar surface area (TPSA) is 68.3 Å². The average molecular weight is 305 g/mol. The number of ether oxygens (including phenoxy) is 1. The molecule has 0 atom stereocenters. The molecule has 6 heteroatoms. The molecule has 2 rings (SSSR count). The van der Waals surface area contributed by atoms with E-state index in [9.17, 15) is 9.59 Å². The van der Waals surface area contributed by atoms with Gasteiger partial charge in [0.25, 0.3) is 5.91 Å². The molecule has 0 spiro atoms. The first-order valence-corrected chi connectivity index (χ1v) is 6.55. The van der Waals surface area contributed by atoms with Crippen LogP contribution in [0.3, 0.4) is 0 Å². The minimum atomic E-state index is -0.448. The third-order valence-electron chi connectivity index (χ3n) is 2.79. The zero-order valence-corrected chi connectivity index (χ0v) is 12.1. The van der Waals surface area contributed by atoms with Crippen molar-refractivity contribution in [3.8, 4) is 0 Å². The second-order valence-electron chi connectivity index (χ2n) is 4.19. The van der Waals surface area contributed by atoms with Crippen LogP contribution < -0.4 is 5.32 Å². The fourth-order valence-corrected chi connectivity index (χ4v) is 1.95. The highest BCUT2D eigenvalue weighted by molar-refractivity contribution is 6.33. The number of carbonyl (C=O) groups is 2. The number of halogens is 1. The van der Waals surface area contributed by atoms with E-state index >= 15 is 0 Å². The Morgan fingerprint density at radius 3 is 2.76 bits per heavy atom. The van der Waals surface area contributed by atoms with Crippen molar-refractivity contribution in [3.63, 3.8) is 0 Å². The second kappa shape index (κ2) is 6.85. The van der Waals surface area contributed by atoms with Gasteiger partial charge in [-0.15, -0.1) is 0 Å². The van der Waals surface area contributed by atoms with E-state index in [-0.39, 0.29) is 12.5 Å². The van der Waals surface area contributed by atoms with E-state index in [1.807, 2.05) is 0 Å². The molecule has 2 aromatic rings. The first kappa shape index (κ1) is 15.0. The van der Waals surface area contributed by atoms with Gasteiger partial charge < -0.3 is 10.1 Å². The largest absolute Gasteiger partial charge is 0.465 e. The van der Waals surface area contributed by atoms with E-state index in [2.05, 4.69) is 15.0 Å². The number of benzene rings is 1. The number of nitrogens with zero attached hydrogens (tertiary/aromatic N) is 1. The quantitative estimate of drug-likeness (QED) is 0.881. The molecule has 1 amide bonds. The predicted molar refractivity (Wildman–Crippen MR) is 78.2 cm³/mol. The van der Waals surface area contributed by atoms with Crippen LogP contribution in [0.15, 0.2) is 42.6 Å². The van der Waals surface area contributed by atoms with Gasteiger partial charge in [-0.2, -0.15) is 0 Å². The van der Waals surface area contributed by atoms with Crippen LogP contribution >= 0.6 is 11.6 Å². The van der Waals surface area contributed by atoms with Crippen LogP contribution in [0.25, 0.3) is 0 Å². The van der Waals surface area contributed by atoms with Gasteiger partial charge >= 0.3 is 5.97 Å². The van der Waals surface area contributed by atoms with Crippen molar-refractivity contribution in [1.82, 2.24) is 10.3 Å². The van der Waals surface area contributed by atoms with E-state index in [0.29, 0.717) is 21.8 Å². The van der Waals surface area contributed by atoms with Gasteiger partial charge in [-0.3, -0.25) is 9.78 Å². The van der Waals surface area contributed by atoms with Gasteiger partial charge in [0.15, 0.2) is 0 Å². The molecule has 21 heavy (non-hydrogen) atoms. The first-order chi connectivity index (χ1) is 10.1. The minimum absolute atomic E-state index is 0.189. The number of amides is 1. The lowest BCUT2D eigenvalue weighted by atomic mass is 10.2. The van der Waals surface area contributed by atoms with Crippen LogP contribution in [-0.4, -0.2) is 24.0 Å². The molecule has 0 fully saturated rings. The zero-order chi connectivity index (χ0) is 15.2. The van der Waals surface area contributed by atoms with E-state index in [1.165, 1.54) is 13.3 Å². The maximum Gasteiger partial charge on any atom is 0.337 e. The molecule has 0 bridgehead atoms. The molecule has 5 nitrogen and oxygen atoms in total. The van der Waals surface area contributed by atoms with Gasteiger partial charge in [0.2, 0.25) is 0 Å². The molecule has 0 aliphatic heterocycles. The molecular formula is C15H13ClN2O3. The standard InChI is InChI=1S/C15H13ClN2O3/c1-21-15(20)10-6-7-17-11(8-10)9-18-14(19)12-4-2-3-5-13(12)16/h2-8H,9H2,1H3,(H,18,19). The van der Waals surface area contributed by atoms with Crippen molar-refractivity contribution >= 4 is 23.5 Å². The summed E-state index contributed by atoms with van der Waals surface area (Å²) in [4.78, 5) is 27.5.